The fourth-order valence-corrected chi connectivity index (χ4v) is 2.19. The summed E-state index contributed by atoms with van der Waals surface area (Å²) in [5.74, 6) is -0.162. The van der Waals surface area contributed by atoms with Crippen LogP contribution in [0.5, 0.6) is 5.75 Å². The Balaban J connectivity index is 3.45. The number of phenols is 1. The van der Waals surface area contributed by atoms with Crippen LogP contribution in [0.4, 0.5) is 5.69 Å². The van der Waals surface area contributed by atoms with Gasteiger partial charge in [-0.3, -0.25) is 10.1 Å². The van der Waals surface area contributed by atoms with E-state index in [1.165, 1.54) is 18.2 Å². The molecule has 7 heteroatoms. The molecule has 0 bridgehead atoms. The Morgan fingerprint density at radius 3 is 2.29 bits per heavy atom. The Hall–Kier alpha value is -0.140. The normalized spacial score (nSPS) is 11.4. The van der Waals surface area contributed by atoms with E-state index < -0.39 is 7.07 Å². The first kappa shape index (κ1) is 11.9. The molecule has 0 aliphatic carbocycles. The van der Waals surface area contributed by atoms with Crippen LogP contribution < -0.4 is 0 Å². The van der Waals surface area contributed by atoms with Crippen molar-refractivity contribution in [1.82, 2.24) is 0 Å². The van der Waals surface area contributed by atoms with Crippen molar-refractivity contribution in [2.45, 2.75) is 2.14 Å². The van der Waals surface area contributed by atoms with Crippen LogP contribution in [0.2, 0.25) is 0 Å². The summed E-state index contributed by atoms with van der Waals surface area (Å²) in [6.07, 6.45) is 0. The summed E-state index contributed by atoms with van der Waals surface area (Å²) < 4.78 is -0.999. The van der Waals surface area contributed by atoms with Crippen LogP contribution in [0, 0.1) is 10.1 Å². The molecule has 0 aromatic heterocycles. The Labute approximate surface area is 105 Å². The second-order valence-corrected chi connectivity index (χ2v) is 9.19. The highest BCUT2D eigenvalue weighted by Gasteiger charge is 2.33. The molecular weight excluding hydrogens is 386 g/mol. The zero-order chi connectivity index (χ0) is 10.9. The number of nitrogens with zero attached hydrogens (tertiary/aromatic N) is 1. The van der Waals surface area contributed by atoms with E-state index in [1.54, 1.807) is 0 Å². The van der Waals surface area contributed by atoms with Gasteiger partial charge in [-0.25, -0.2) is 0 Å². The molecule has 0 radical (unpaired) electrons. The van der Waals surface area contributed by atoms with Crippen LogP contribution >= 0.6 is 47.8 Å². The minimum absolute atomic E-state index is 0.130. The van der Waals surface area contributed by atoms with Crippen molar-refractivity contribution >= 4 is 53.5 Å². The number of rotatable bonds is 1. The maximum atomic E-state index is 10.7. The fourth-order valence-electron chi connectivity index (χ4n) is 0.971. The van der Waals surface area contributed by atoms with Crippen LogP contribution in [0.3, 0.4) is 0 Å². The first-order valence-electron chi connectivity index (χ1n) is 3.37. The van der Waals surface area contributed by atoms with Crippen molar-refractivity contribution in [1.29, 1.82) is 0 Å². The average molecular weight is 390 g/mol. The largest absolute Gasteiger partial charge is 0.507 e. The number of hydrogen-bond acceptors (Lipinski definition) is 3. The van der Waals surface area contributed by atoms with Crippen molar-refractivity contribution < 1.29 is 10.0 Å². The number of alkyl halides is 3. The Morgan fingerprint density at radius 2 is 1.93 bits per heavy atom. The highest BCUT2D eigenvalue weighted by molar-refractivity contribution is 9.38. The van der Waals surface area contributed by atoms with Gasteiger partial charge in [0.1, 0.15) is 11.3 Å². The Bertz CT molecular complexity index is 375. The summed E-state index contributed by atoms with van der Waals surface area (Å²) in [4.78, 5) is 10.1. The van der Waals surface area contributed by atoms with Gasteiger partial charge in [-0.2, -0.15) is 0 Å². The minimum Gasteiger partial charge on any atom is -0.507 e. The lowest BCUT2D eigenvalue weighted by molar-refractivity contribution is -0.385. The quantitative estimate of drug-likeness (QED) is 0.453. The van der Waals surface area contributed by atoms with E-state index in [0.29, 0.717) is 0 Å². The summed E-state index contributed by atoms with van der Waals surface area (Å²) in [7, 11) is 0. The van der Waals surface area contributed by atoms with Gasteiger partial charge in [0.15, 0.2) is 2.14 Å². The maximum absolute atomic E-state index is 10.7. The van der Waals surface area contributed by atoms with E-state index in [2.05, 4.69) is 47.8 Å². The van der Waals surface area contributed by atoms with Gasteiger partial charge in [-0.15, -0.1) is 0 Å². The highest BCUT2D eigenvalue weighted by atomic mass is 80.0. The summed E-state index contributed by atoms with van der Waals surface area (Å²) >= 11 is 9.38. The molecule has 1 aromatic rings. The second-order valence-electron chi connectivity index (χ2n) is 2.43. The summed E-state index contributed by atoms with van der Waals surface area (Å²) in [5, 5.41) is 20.1. The van der Waals surface area contributed by atoms with Crippen LogP contribution in [0.25, 0.3) is 0 Å². The topological polar surface area (TPSA) is 63.4 Å². The molecule has 0 amide bonds. The van der Waals surface area contributed by atoms with E-state index in [0.717, 1.165) is 0 Å². The van der Waals surface area contributed by atoms with Gasteiger partial charge >= 0.3 is 0 Å². The molecule has 0 unspecified atom stereocenters. The second kappa shape index (κ2) is 4.16. The standard InChI is InChI=1S/C7H4Br3NO3/c8-7(9,10)6-4(11(13)14)2-1-3-5(6)12/h1-3,12H. The molecule has 14 heavy (non-hydrogen) atoms. The third-order valence-corrected chi connectivity index (χ3v) is 2.69. The molecule has 0 saturated heterocycles. The van der Waals surface area contributed by atoms with Gasteiger partial charge < -0.3 is 5.11 Å². The number of phenolic OH excluding ortho intramolecular Hbond substituents is 1. The molecular formula is C7H4Br3NO3. The lowest BCUT2D eigenvalue weighted by Gasteiger charge is -2.13. The number of hydrogen-bond donors (Lipinski definition) is 1. The van der Waals surface area contributed by atoms with Gasteiger partial charge in [0.2, 0.25) is 0 Å². The number of benzene rings is 1. The molecule has 1 rings (SSSR count). The molecule has 1 aromatic carbocycles. The third-order valence-electron chi connectivity index (χ3n) is 1.50. The van der Waals surface area contributed by atoms with Crippen molar-refractivity contribution in [3.05, 3.63) is 33.9 Å². The monoisotopic (exact) mass is 387 g/mol. The molecule has 4 nitrogen and oxygen atoms in total. The van der Waals surface area contributed by atoms with E-state index in [4.69, 9.17) is 0 Å². The SMILES string of the molecule is O=[N+]([O-])c1cccc(O)c1C(Br)(Br)Br. The summed E-state index contributed by atoms with van der Waals surface area (Å²) in [5.41, 5.74) is -0.0411. The smallest absolute Gasteiger partial charge is 0.279 e. The van der Waals surface area contributed by atoms with Gasteiger partial charge in [-0.05, 0) is 6.07 Å². The molecule has 0 spiro atoms. The van der Waals surface area contributed by atoms with Gasteiger partial charge in [-0.1, -0.05) is 53.9 Å². The molecule has 0 atom stereocenters. The zero-order valence-electron chi connectivity index (χ0n) is 6.58. The van der Waals surface area contributed by atoms with E-state index in [-0.39, 0.29) is 17.0 Å². The predicted octanol–water partition coefficient (Wildman–Crippen LogP) is 3.60. The van der Waals surface area contributed by atoms with Gasteiger partial charge in [0.25, 0.3) is 5.69 Å². The van der Waals surface area contributed by atoms with Crippen molar-refractivity contribution in [3.8, 4) is 5.75 Å². The van der Waals surface area contributed by atoms with E-state index >= 15 is 0 Å². The molecule has 0 heterocycles. The Morgan fingerprint density at radius 1 is 1.36 bits per heavy atom. The number of nitro groups is 1. The molecule has 0 aliphatic rings. The molecule has 0 fully saturated rings. The summed E-state index contributed by atoms with van der Waals surface area (Å²) in [6.45, 7) is 0. The minimum atomic E-state index is -0.999. The fraction of sp³-hybridized carbons (Fsp3) is 0.143. The third kappa shape index (κ3) is 2.46. The highest BCUT2D eigenvalue weighted by Crippen LogP contribution is 2.51. The first-order chi connectivity index (χ1) is 6.34. The zero-order valence-corrected chi connectivity index (χ0v) is 11.3. The van der Waals surface area contributed by atoms with Gasteiger partial charge in [0.05, 0.1) is 4.92 Å². The van der Waals surface area contributed by atoms with E-state index in [1.807, 2.05) is 0 Å². The maximum Gasteiger partial charge on any atom is 0.279 e. The van der Waals surface area contributed by atoms with E-state index in [9.17, 15) is 15.2 Å². The lowest BCUT2D eigenvalue weighted by Crippen LogP contribution is -2.03. The Kier molecular flexibility index (Phi) is 3.54. The molecule has 1 N–H and O–H groups in total. The number of aromatic hydroxyl groups is 1. The summed E-state index contributed by atoms with van der Waals surface area (Å²) in [6, 6.07) is 4.10. The van der Waals surface area contributed by atoms with Crippen LogP contribution in [-0.4, -0.2) is 10.0 Å². The van der Waals surface area contributed by atoms with Crippen molar-refractivity contribution in [2.24, 2.45) is 0 Å². The average Bonchev–Trinajstić information content (AvgIpc) is 2.01. The molecule has 76 valence electrons. The van der Waals surface area contributed by atoms with Crippen molar-refractivity contribution in [3.63, 3.8) is 0 Å². The van der Waals surface area contributed by atoms with Crippen LogP contribution in [0.1, 0.15) is 5.56 Å². The lowest BCUT2D eigenvalue weighted by atomic mass is 10.2. The predicted molar refractivity (Wildman–Crippen MR) is 63.2 cm³/mol. The van der Waals surface area contributed by atoms with Gasteiger partial charge in [0, 0.05) is 6.07 Å². The number of halogens is 3. The molecule has 0 saturated carbocycles. The number of nitro benzene ring substituents is 1. The molecule has 0 aliphatic heterocycles. The van der Waals surface area contributed by atoms with Crippen molar-refractivity contribution in [2.75, 3.05) is 0 Å². The van der Waals surface area contributed by atoms with Crippen LogP contribution in [-0.2, 0) is 2.14 Å². The van der Waals surface area contributed by atoms with Crippen LogP contribution in [0.15, 0.2) is 18.2 Å². The first-order valence-corrected chi connectivity index (χ1v) is 5.75.